The fourth-order valence-corrected chi connectivity index (χ4v) is 5.70. The lowest BCUT2D eigenvalue weighted by molar-refractivity contribution is -0.118. The summed E-state index contributed by atoms with van der Waals surface area (Å²) in [6.45, 7) is 0.785. The van der Waals surface area contributed by atoms with Crippen molar-refractivity contribution >= 4 is 29.2 Å². The van der Waals surface area contributed by atoms with Gasteiger partial charge in [-0.1, -0.05) is 106 Å². The van der Waals surface area contributed by atoms with Crippen molar-refractivity contribution in [1.29, 1.82) is 0 Å². The number of halogens is 2. The second-order valence-electron chi connectivity index (χ2n) is 11.4. The minimum atomic E-state index is -0.762. The number of aromatic amines is 1. The standard InChI is InChI=1S/C35H46ClFN4O3/c36-26-17-15-16-25(22-26)30(23-32(39)43)41-35(44)28-24-40-34(33(28)27-18-12-13-19-29(27)37)31(42)20-11-9-7-5-3-1-2-4-6-8-10-14-21-38/h12-13,15-19,22,24,30,40H,1-11,14,20-21,23,38H2,(H2,39,43)(H,41,44)/t30-/m0/s1. The number of aromatic nitrogens is 1. The lowest BCUT2D eigenvalue weighted by Crippen LogP contribution is -2.32. The molecule has 3 rings (SSSR count). The van der Waals surface area contributed by atoms with Crippen LogP contribution in [0, 0.1) is 5.82 Å². The first-order valence-electron chi connectivity index (χ1n) is 15.9. The van der Waals surface area contributed by atoms with Gasteiger partial charge in [-0.2, -0.15) is 0 Å². The molecule has 7 nitrogen and oxygen atoms in total. The van der Waals surface area contributed by atoms with Gasteiger partial charge in [0.25, 0.3) is 5.91 Å². The number of amides is 2. The molecule has 1 atom stereocenters. The summed E-state index contributed by atoms with van der Waals surface area (Å²) in [7, 11) is 0. The normalized spacial score (nSPS) is 11.8. The van der Waals surface area contributed by atoms with Gasteiger partial charge in [0, 0.05) is 28.8 Å². The Balaban J connectivity index is 1.61. The van der Waals surface area contributed by atoms with E-state index in [1.165, 1.54) is 57.2 Å². The van der Waals surface area contributed by atoms with E-state index in [2.05, 4.69) is 10.3 Å². The highest BCUT2D eigenvalue weighted by molar-refractivity contribution is 6.30. The van der Waals surface area contributed by atoms with Crippen LogP contribution in [0.15, 0.2) is 54.7 Å². The molecule has 0 radical (unpaired) electrons. The molecular weight excluding hydrogens is 579 g/mol. The van der Waals surface area contributed by atoms with Crippen LogP contribution in [0.3, 0.4) is 0 Å². The Morgan fingerprint density at radius 1 is 0.841 bits per heavy atom. The minimum Gasteiger partial charge on any atom is -0.370 e. The van der Waals surface area contributed by atoms with Gasteiger partial charge in [0.2, 0.25) is 5.91 Å². The zero-order chi connectivity index (χ0) is 31.7. The molecule has 3 aromatic rings. The van der Waals surface area contributed by atoms with E-state index in [4.69, 9.17) is 23.1 Å². The second-order valence-corrected chi connectivity index (χ2v) is 11.8. The van der Waals surface area contributed by atoms with E-state index < -0.39 is 23.7 Å². The zero-order valence-electron chi connectivity index (χ0n) is 25.5. The Hall–Kier alpha value is -3.49. The molecule has 0 aliphatic rings. The molecule has 0 saturated carbocycles. The van der Waals surface area contributed by atoms with Crippen molar-refractivity contribution in [3.8, 4) is 11.1 Å². The van der Waals surface area contributed by atoms with Crippen LogP contribution < -0.4 is 16.8 Å². The molecule has 0 spiro atoms. The zero-order valence-corrected chi connectivity index (χ0v) is 26.3. The fourth-order valence-electron chi connectivity index (χ4n) is 5.50. The van der Waals surface area contributed by atoms with Crippen LogP contribution in [0.2, 0.25) is 5.02 Å². The molecule has 0 bridgehead atoms. The fraction of sp³-hybridized carbons (Fsp3) is 0.457. The third kappa shape index (κ3) is 11.2. The Labute approximate surface area is 265 Å². The van der Waals surface area contributed by atoms with Crippen molar-refractivity contribution < 1.29 is 18.8 Å². The third-order valence-electron chi connectivity index (χ3n) is 7.87. The first kappa shape index (κ1) is 35.0. The minimum absolute atomic E-state index is 0.106. The van der Waals surface area contributed by atoms with Crippen molar-refractivity contribution in [3.05, 3.63) is 82.4 Å². The number of primary amides is 1. The summed E-state index contributed by atoms with van der Waals surface area (Å²) in [6, 6.07) is 12.1. The lowest BCUT2D eigenvalue weighted by atomic mass is 9.96. The Morgan fingerprint density at radius 2 is 1.45 bits per heavy atom. The SMILES string of the molecule is NCCCCCCCCCCCCCCC(=O)c1[nH]cc(C(=O)N[C@@H](CC(N)=O)c2cccc(Cl)c2)c1-c1ccccc1F. The molecular formula is C35H46ClFN4O3. The largest absolute Gasteiger partial charge is 0.370 e. The van der Waals surface area contributed by atoms with Crippen LogP contribution in [0.25, 0.3) is 11.1 Å². The first-order valence-corrected chi connectivity index (χ1v) is 16.2. The summed E-state index contributed by atoms with van der Waals surface area (Å²) < 4.78 is 15.0. The van der Waals surface area contributed by atoms with Gasteiger partial charge < -0.3 is 21.8 Å². The van der Waals surface area contributed by atoms with Gasteiger partial charge >= 0.3 is 0 Å². The monoisotopic (exact) mass is 624 g/mol. The highest BCUT2D eigenvalue weighted by Gasteiger charge is 2.27. The van der Waals surface area contributed by atoms with E-state index in [1.807, 2.05) is 0 Å². The van der Waals surface area contributed by atoms with Gasteiger partial charge in [0.15, 0.2) is 5.78 Å². The first-order chi connectivity index (χ1) is 21.3. The molecule has 238 valence electrons. The van der Waals surface area contributed by atoms with Gasteiger partial charge in [0.05, 0.1) is 23.7 Å². The van der Waals surface area contributed by atoms with Gasteiger partial charge in [-0.15, -0.1) is 0 Å². The number of hydrogen-bond acceptors (Lipinski definition) is 4. The second kappa shape index (κ2) is 19.0. The molecule has 2 amide bonds. The highest BCUT2D eigenvalue weighted by Crippen LogP contribution is 2.32. The maximum absolute atomic E-state index is 15.0. The Morgan fingerprint density at radius 3 is 2.05 bits per heavy atom. The summed E-state index contributed by atoms with van der Waals surface area (Å²) in [5.74, 6) is -1.90. The quantitative estimate of drug-likeness (QED) is 0.0705. The summed E-state index contributed by atoms with van der Waals surface area (Å²) >= 11 is 6.14. The molecule has 0 unspecified atom stereocenters. The maximum Gasteiger partial charge on any atom is 0.253 e. The Kier molecular flexibility index (Phi) is 15.1. The van der Waals surface area contributed by atoms with Crippen LogP contribution in [0.1, 0.15) is 122 Å². The predicted octanol–water partition coefficient (Wildman–Crippen LogP) is 8.03. The molecule has 0 aliphatic heterocycles. The van der Waals surface area contributed by atoms with E-state index in [9.17, 15) is 14.4 Å². The summed E-state index contributed by atoms with van der Waals surface area (Å²) in [5.41, 5.74) is 12.3. The number of Topliss-reactive ketones (excluding diaryl/α,β-unsaturated/α-hetero) is 1. The summed E-state index contributed by atoms with van der Waals surface area (Å²) in [6.07, 6.45) is 15.3. The topological polar surface area (TPSA) is 131 Å². The molecule has 0 fully saturated rings. The van der Waals surface area contributed by atoms with E-state index in [0.29, 0.717) is 23.4 Å². The molecule has 0 aliphatic carbocycles. The molecule has 1 aromatic heterocycles. The van der Waals surface area contributed by atoms with Gasteiger partial charge in [0.1, 0.15) is 5.82 Å². The smallest absolute Gasteiger partial charge is 0.253 e. The van der Waals surface area contributed by atoms with Crippen LogP contribution in [-0.4, -0.2) is 29.1 Å². The third-order valence-corrected chi connectivity index (χ3v) is 8.10. The Bertz CT molecular complexity index is 1360. The average Bonchev–Trinajstić information content (AvgIpc) is 3.44. The summed E-state index contributed by atoms with van der Waals surface area (Å²) in [4.78, 5) is 41.7. The number of H-pyrrole nitrogens is 1. The van der Waals surface area contributed by atoms with E-state index in [1.54, 1.807) is 42.5 Å². The number of nitrogens with one attached hydrogen (secondary N) is 2. The van der Waals surface area contributed by atoms with Gasteiger partial charge in [-0.3, -0.25) is 14.4 Å². The van der Waals surface area contributed by atoms with Crippen LogP contribution in [0.5, 0.6) is 0 Å². The van der Waals surface area contributed by atoms with Crippen LogP contribution in [0.4, 0.5) is 4.39 Å². The molecule has 9 heteroatoms. The van der Waals surface area contributed by atoms with Crippen molar-refractivity contribution in [3.63, 3.8) is 0 Å². The van der Waals surface area contributed by atoms with Crippen molar-refractivity contribution in [1.82, 2.24) is 10.3 Å². The number of rotatable bonds is 21. The number of benzene rings is 2. The molecule has 2 aromatic carbocycles. The average molecular weight is 625 g/mol. The number of carbonyl (C=O) groups excluding carboxylic acids is 3. The van der Waals surface area contributed by atoms with Crippen molar-refractivity contribution in [2.24, 2.45) is 11.5 Å². The van der Waals surface area contributed by atoms with Crippen molar-refractivity contribution in [2.75, 3.05) is 6.54 Å². The number of carbonyl (C=O) groups is 3. The van der Waals surface area contributed by atoms with E-state index in [0.717, 1.165) is 32.2 Å². The van der Waals surface area contributed by atoms with E-state index >= 15 is 4.39 Å². The van der Waals surface area contributed by atoms with Gasteiger partial charge in [-0.25, -0.2) is 4.39 Å². The van der Waals surface area contributed by atoms with Crippen LogP contribution in [-0.2, 0) is 4.79 Å². The molecule has 1 heterocycles. The van der Waals surface area contributed by atoms with Crippen LogP contribution >= 0.6 is 11.6 Å². The predicted molar refractivity (Wildman–Crippen MR) is 175 cm³/mol. The maximum atomic E-state index is 15.0. The number of unbranched alkanes of at least 4 members (excludes halogenated alkanes) is 11. The van der Waals surface area contributed by atoms with Crippen molar-refractivity contribution in [2.45, 2.75) is 95.9 Å². The highest BCUT2D eigenvalue weighted by atomic mass is 35.5. The number of hydrogen-bond donors (Lipinski definition) is 4. The molecule has 44 heavy (non-hydrogen) atoms. The molecule has 6 N–H and O–H groups in total. The molecule has 0 saturated heterocycles. The number of ketones is 1. The summed E-state index contributed by atoms with van der Waals surface area (Å²) in [5, 5.41) is 3.27. The number of nitrogens with two attached hydrogens (primary N) is 2. The van der Waals surface area contributed by atoms with Gasteiger partial charge in [-0.05, 0) is 43.1 Å². The lowest BCUT2D eigenvalue weighted by Gasteiger charge is -2.18. The van der Waals surface area contributed by atoms with E-state index in [-0.39, 0.29) is 34.6 Å².